The molecule has 25 heavy (non-hydrogen) atoms. The number of halogens is 2. The Morgan fingerprint density at radius 2 is 1.96 bits per heavy atom. The third kappa shape index (κ3) is 7.78. The fourth-order valence-corrected chi connectivity index (χ4v) is 4.57. The summed E-state index contributed by atoms with van der Waals surface area (Å²) in [5.41, 5.74) is 1.08. The Morgan fingerprint density at radius 3 is 2.64 bits per heavy atom. The lowest BCUT2D eigenvalue weighted by atomic mass is 9.92. The predicted octanol–water partition coefficient (Wildman–Crippen LogP) is 4.71. The molecule has 1 aromatic rings. The molecule has 1 saturated heterocycles. The van der Waals surface area contributed by atoms with E-state index in [1.165, 1.54) is 19.5 Å². The predicted molar refractivity (Wildman–Crippen MR) is 110 cm³/mol. The molecule has 6 heteroatoms. The first-order valence-electron chi connectivity index (χ1n) is 8.94. The molecule has 1 fully saturated rings. The number of carbonyl (C=O) groups excluding carboxylic acids is 1. The molecule has 0 bridgehead atoms. The van der Waals surface area contributed by atoms with Gasteiger partial charge < -0.3 is 10.2 Å². The minimum Gasteiger partial charge on any atom is -0.355 e. The monoisotopic (exact) mass is 402 g/mol. The molecule has 1 amide bonds. The number of hydrogen-bond donors (Lipinski definition) is 1. The van der Waals surface area contributed by atoms with Crippen molar-refractivity contribution in [2.75, 3.05) is 31.9 Å². The third-order valence-corrected chi connectivity index (χ3v) is 6.15. The van der Waals surface area contributed by atoms with Gasteiger partial charge >= 0.3 is 0 Å². The van der Waals surface area contributed by atoms with E-state index in [2.05, 4.69) is 24.1 Å². The maximum atomic E-state index is 11.9. The summed E-state index contributed by atoms with van der Waals surface area (Å²) in [5.74, 6) is 2.91. The van der Waals surface area contributed by atoms with Crippen molar-refractivity contribution < 1.29 is 4.79 Å². The summed E-state index contributed by atoms with van der Waals surface area (Å²) in [6.45, 7) is 8.87. The van der Waals surface area contributed by atoms with E-state index in [0.717, 1.165) is 42.7 Å². The third-order valence-electron chi connectivity index (χ3n) is 4.40. The van der Waals surface area contributed by atoms with Gasteiger partial charge in [-0.1, -0.05) is 43.1 Å². The summed E-state index contributed by atoms with van der Waals surface area (Å²) in [6, 6.07) is 5.59. The van der Waals surface area contributed by atoms with Crippen molar-refractivity contribution in [2.24, 2.45) is 11.8 Å². The molecule has 0 aromatic heterocycles. The summed E-state index contributed by atoms with van der Waals surface area (Å²) in [5, 5.41) is 4.14. The largest absolute Gasteiger partial charge is 0.355 e. The van der Waals surface area contributed by atoms with Crippen molar-refractivity contribution in [3.63, 3.8) is 0 Å². The molecular weight excluding hydrogens is 375 g/mol. The highest BCUT2D eigenvalue weighted by Crippen LogP contribution is 2.24. The van der Waals surface area contributed by atoms with Gasteiger partial charge in [0.2, 0.25) is 5.91 Å². The Labute approximate surface area is 165 Å². The van der Waals surface area contributed by atoms with Crippen LogP contribution in [0.4, 0.5) is 0 Å². The fraction of sp³-hybridized carbons (Fsp3) is 0.632. The van der Waals surface area contributed by atoms with E-state index in [-0.39, 0.29) is 5.91 Å². The number of rotatable bonds is 8. The molecule has 2 atom stereocenters. The quantitative estimate of drug-likeness (QED) is 0.638. The van der Waals surface area contributed by atoms with Gasteiger partial charge in [-0.15, -0.1) is 11.8 Å². The van der Waals surface area contributed by atoms with Gasteiger partial charge in [0.1, 0.15) is 0 Å². The molecular formula is C19H28Cl2N2OS. The lowest BCUT2D eigenvalue weighted by Crippen LogP contribution is -2.40. The Balaban J connectivity index is 1.55. The molecule has 1 aromatic carbocycles. The minimum absolute atomic E-state index is 0.102. The van der Waals surface area contributed by atoms with E-state index in [1.807, 2.05) is 12.1 Å². The zero-order valence-corrected chi connectivity index (χ0v) is 17.4. The summed E-state index contributed by atoms with van der Waals surface area (Å²) in [4.78, 5) is 14.4. The van der Waals surface area contributed by atoms with Crippen LogP contribution < -0.4 is 5.32 Å². The Morgan fingerprint density at radius 1 is 1.24 bits per heavy atom. The van der Waals surface area contributed by atoms with Gasteiger partial charge in [0, 0.05) is 25.4 Å². The van der Waals surface area contributed by atoms with Crippen LogP contribution in [-0.4, -0.2) is 42.7 Å². The highest BCUT2D eigenvalue weighted by Gasteiger charge is 2.20. The van der Waals surface area contributed by atoms with Crippen LogP contribution in [0, 0.1) is 11.8 Å². The normalized spacial score (nSPS) is 21.3. The van der Waals surface area contributed by atoms with E-state index >= 15 is 0 Å². The Kier molecular flexibility index (Phi) is 8.91. The van der Waals surface area contributed by atoms with Crippen LogP contribution in [0.15, 0.2) is 18.2 Å². The topological polar surface area (TPSA) is 32.3 Å². The molecule has 1 N–H and O–H groups in total. The number of nitrogens with zero attached hydrogens (tertiary/aromatic N) is 1. The van der Waals surface area contributed by atoms with Crippen molar-refractivity contribution in [3.05, 3.63) is 33.8 Å². The maximum absolute atomic E-state index is 11.9. The van der Waals surface area contributed by atoms with Gasteiger partial charge in [-0.25, -0.2) is 0 Å². The van der Waals surface area contributed by atoms with Crippen molar-refractivity contribution >= 4 is 40.9 Å². The molecule has 3 nitrogen and oxygen atoms in total. The summed E-state index contributed by atoms with van der Waals surface area (Å²) in [6.07, 6.45) is 2.35. The van der Waals surface area contributed by atoms with Crippen LogP contribution in [0.3, 0.4) is 0 Å². The average Bonchev–Trinajstić information content (AvgIpc) is 2.54. The van der Waals surface area contributed by atoms with Gasteiger partial charge in [0.05, 0.1) is 15.8 Å². The fourth-order valence-electron chi connectivity index (χ4n) is 3.45. The van der Waals surface area contributed by atoms with Crippen LogP contribution in [0.1, 0.15) is 32.3 Å². The van der Waals surface area contributed by atoms with E-state index in [9.17, 15) is 4.79 Å². The summed E-state index contributed by atoms with van der Waals surface area (Å²) in [7, 11) is 0. The number of benzene rings is 1. The minimum atomic E-state index is 0.102. The first kappa shape index (κ1) is 20.9. The van der Waals surface area contributed by atoms with Gasteiger partial charge in [-0.2, -0.15) is 0 Å². The van der Waals surface area contributed by atoms with Crippen LogP contribution in [0.25, 0.3) is 0 Å². The number of amides is 1. The molecule has 140 valence electrons. The second-order valence-corrected chi connectivity index (χ2v) is 8.95. The summed E-state index contributed by atoms with van der Waals surface area (Å²) < 4.78 is 0. The first-order chi connectivity index (χ1) is 11.9. The van der Waals surface area contributed by atoms with Crippen LogP contribution in [0.5, 0.6) is 0 Å². The molecule has 1 aliphatic rings. The van der Waals surface area contributed by atoms with Gasteiger partial charge in [-0.05, 0) is 48.9 Å². The van der Waals surface area contributed by atoms with Crippen LogP contribution >= 0.6 is 35.0 Å². The Hall–Kier alpha value is -0.420. The maximum Gasteiger partial charge on any atom is 0.230 e. The second-order valence-electron chi connectivity index (χ2n) is 7.15. The van der Waals surface area contributed by atoms with Crippen molar-refractivity contribution in [1.29, 1.82) is 0 Å². The molecule has 0 unspecified atom stereocenters. The molecule has 2 rings (SSSR count). The van der Waals surface area contributed by atoms with Gasteiger partial charge in [-0.3, -0.25) is 4.79 Å². The van der Waals surface area contributed by atoms with E-state index in [1.54, 1.807) is 17.8 Å². The standard InChI is InChI=1S/C19H28Cl2N2OS/c1-14-8-15(2)11-23(10-14)7-3-6-22-19(24)13-25-12-16-4-5-17(20)18(21)9-16/h4-5,9,14-15H,3,6-8,10-13H2,1-2H3,(H,22,24)/t14-,15+. The van der Waals surface area contributed by atoms with Crippen molar-refractivity contribution in [3.8, 4) is 0 Å². The highest BCUT2D eigenvalue weighted by molar-refractivity contribution is 7.99. The van der Waals surface area contributed by atoms with Gasteiger partial charge in [0.25, 0.3) is 0 Å². The molecule has 0 spiro atoms. The van der Waals surface area contributed by atoms with Crippen molar-refractivity contribution in [1.82, 2.24) is 10.2 Å². The lowest BCUT2D eigenvalue weighted by molar-refractivity contribution is -0.118. The second kappa shape index (κ2) is 10.7. The number of piperidine rings is 1. The molecule has 0 radical (unpaired) electrons. The zero-order valence-electron chi connectivity index (χ0n) is 15.1. The molecule has 0 aliphatic carbocycles. The lowest BCUT2D eigenvalue weighted by Gasteiger charge is -2.34. The number of thioether (sulfide) groups is 1. The number of hydrogen-bond acceptors (Lipinski definition) is 3. The van der Waals surface area contributed by atoms with Crippen LogP contribution in [-0.2, 0) is 10.5 Å². The molecule has 0 saturated carbocycles. The zero-order chi connectivity index (χ0) is 18.2. The molecule has 1 aliphatic heterocycles. The van der Waals surface area contributed by atoms with Crippen molar-refractivity contribution in [2.45, 2.75) is 32.4 Å². The number of likely N-dealkylation sites (tertiary alicyclic amines) is 1. The summed E-state index contributed by atoms with van der Waals surface area (Å²) >= 11 is 13.5. The van der Waals surface area contributed by atoms with Crippen LogP contribution in [0.2, 0.25) is 10.0 Å². The smallest absolute Gasteiger partial charge is 0.230 e. The Bertz CT molecular complexity index is 560. The highest BCUT2D eigenvalue weighted by atomic mass is 35.5. The SMILES string of the molecule is C[C@@H]1C[C@H](C)CN(CCCNC(=O)CSCc2ccc(Cl)c(Cl)c2)C1. The van der Waals surface area contributed by atoms with Gasteiger partial charge in [0.15, 0.2) is 0 Å². The number of carbonyl (C=O) groups is 1. The average molecular weight is 403 g/mol. The first-order valence-corrected chi connectivity index (χ1v) is 10.9. The van der Waals surface area contributed by atoms with E-state index in [4.69, 9.17) is 23.2 Å². The van der Waals surface area contributed by atoms with E-state index < -0.39 is 0 Å². The molecule has 1 heterocycles. The van der Waals surface area contributed by atoms with E-state index in [0.29, 0.717) is 15.8 Å². The number of nitrogens with one attached hydrogen (secondary N) is 1.